The molecule has 0 radical (unpaired) electrons. The van der Waals surface area contributed by atoms with Crippen LogP contribution in [-0.4, -0.2) is 16.9 Å². The average Bonchev–Trinajstić information content (AvgIpc) is 2.14. The van der Waals surface area contributed by atoms with Gasteiger partial charge in [0.2, 0.25) is 6.17 Å². The van der Waals surface area contributed by atoms with Crippen molar-refractivity contribution in [1.82, 2.24) is 9.84 Å². The molecule has 0 saturated heterocycles. The molecule has 1 atom stereocenters. The van der Waals surface area contributed by atoms with Gasteiger partial charge in [-0.2, -0.15) is 10.4 Å². The number of rotatable bonds is 0. The van der Waals surface area contributed by atoms with E-state index in [-0.39, 0.29) is 0 Å². The Kier molecular flexibility index (Phi) is 1.22. The Labute approximate surface area is 51.4 Å². The van der Waals surface area contributed by atoms with E-state index in [0.29, 0.717) is 0 Å². The molecule has 0 fully saturated rings. The van der Waals surface area contributed by atoms with Crippen molar-refractivity contribution in [3.05, 3.63) is 0 Å². The summed E-state index contributed by atoms with van der Waals surface area (Å²) in [6.45, 7) is 0. The fraction of sp³-hybridized carbons (Fsp3) is 0.333. The first-order valence-electron chi connectivity index (χ1n) is 1.97. The van der Waals surface area contributed by atoms with Crippen LogP contribution < -0.4 is 5.43 Å². The normalized spacial score (nSPS) is 25.0. The molecule has 0 aliphatic carbocycles. The molecule has 1 heterocycles. The Morgan fingerprint density at radius 2 is 2.75 bits per heavy atom. The van der Waals surface area contributed by atoms with Gasteiger partial charge >= 0.3 is 0 Å². The first kappa shape index (κ1) is 5.19. The lowest BCUT2D eigenvalue weighted by Crippen LogP contribution is -2.28. The summed E-state index contributed by atoms with van der Waals surface area (Å²) in [5, 5.41) is 11.7. The number of halogens is 1. The number of hydrogen-bond donors (Lipinski definition) is 1. The van der Waals surface area contributed by atoms with E-state index in [1.807, 2.05) is 6.07 Å². The van der Waals surface area contributed by atoms with Crippen LogP contribution in [0.15, 0.2) is 5.10 Å². The molecule has 5 heteroatoms. The lowest BCUT2D eigenvalue weighted by atomic mass is 10.6. The van der Waals surface area contributed by atoms with E-state index in [2.05, 4.69) is 10.5 Å². The van der Waals surface area contributed by atoms with Crippen LogP contribution >= 0.6 is 11.8 Å². The highest BCUT2D eigenvalue weighted by molar-refractivity contribution is 6.19. The largest absolute Gasteiger partial charge is 0.272 e. The highest BCUT2D eigenvalue weighted by atomic mass is 35.5. The molecule has 0 aromatic rings. The van der Waals surface area contributed by atoms with Crippen molar-refractivity contribution >= 4 is 18.1 Å². The maximum atomic E-state index is 8.22. The van der Waals surface area contributed by atoms with Crippen LogP contribution in [0.5, 0.6) is 0 Å². The molecule has 0 amide bonds. The van der Waals surface area contributed by atoms with Crippen LogP contribution in [0.2, 0.25) is 0 Å². The Morgan fingerprint density at radius 3 is 3.00 bits per heavy atom. The van der Waals surface area contributed by atoms with Crippen molar-refractivity contribution in [2.75, 3.05) is 0 Å². The van der Waals surface area contributed by atoms with E-state index in [0.717, 1.165) is 0 Å². The topological polar surface area (TPSA) is 51.4 Å². The molecule has 1 N–H and O–H groups in total. The van der Waals surface area contributed by atoms with Crippen LogP contribution in [0, 0.1) is 11.3 Å². The van der Waals surface area contributed by atoms with Gasteiger partial charge in [0.15, 0.2) is 0 Å². The third kappa shape index (κ3) is 0.678. The van der Waals surface area contributed by atoms with E-state index in [1.165, 1.54) is 10.8 Å². The zero-order valence-corrected chi connectivity index (χ0v) is 4.63. The van der Waals surface area contributed by atoms with Gasteiger partial charge in [-0.1, -0.05) is 0 Å². The predicted octanol–water partition coefficient (Wildman–Crippen LogP) is -0.162. The quantitative estimate of drug-likeness (QED) is 0.464. The maximum absolute atomic E-state index is 8.22. The molecule has 1 aliphatic heterocycles. The summed E-state index contributed by atoms with van der Waals surface area (Å²) in [6, 6.07) is 1.87. The van der Waals surface area contributed by atoms with Gasteiger partial charge in [0, 0.05) is 11.8 Å². The molecule has 1 rings (SSSR count). The monoisotopic (exact) mass is 130 g/mol. The number of hydrogen-bond acceptors (Lipinski definition) is 4. The van der Waals surface area contributed by atoms with E-state index < -0.39 is 6.17 Å². The summed E-state index contributed by atoms with van der Waals surface area (Å²) >= 11 is 5.38. The fourth-order valence-electron chi connectivity index (χ4n) is 0.365. The van der Waals surface area contributed by atoms with Crippen molar-refractivity contribution in [3.63, 3.8) is 0 Å². The van der Waals surface area contributed by atoms with Crippen LogP contribution in [-0.2, 0) is 0 Å². The first-order chi connectivity index (χ1) is 3.84. The Balaban J connectivity index is 2.54. The SMILES string of the molecule is N#CC1NN=CN1Cl. The lowest BCUT2D eigenvalue weighted by molar-refractivity contribution is 0.528. The van der Waals surface area contributed by atoms with E-state index in [4.69, 9.17) is 17.0 Å². The zero-order chi connectivity index (χ0) is 5.98. The van der Waals surface area contributed by atoms with Crippen LogP contribution in [0.25, 0.3) is 0 Å². The molecule has 0 saturated carbocycles. The minimum absolute atomic E-state index is 0.503. The molecule has 0 aromatic carbocycles. The minimum atomic E-state index is -0.503. The van der Waals surface area contributed by atoms with Crippen molar-refractivity contribution < 1.29 is 0 Å². The molecule has 8 heavy (non-hydrogen) atoms. The van der Waals surface area contributed by atoms with Crippen molar-refractivity contribution in [1.29, 1.82) is 5.26 Å². The van der Waals surface area contributed by atoms with E-state index >= 15 is 0 Å². The molecular formula is C3H3ClN4. The highest BCUT2D eigenvalue weighted by Gasteiger charge is 2.15. The summed E-state index contributed by atoms with van der Waals surface area (Å²) in [5.41, 5.74) is 2.46. The number of nitrogens with zero attached hydrogens (tertiary/aromatic N) is 3. The summed E-state index contributed by atoms with van der Waals surface area (Å²) in [4.78, 5) is 0. The molecule has 1 aliphatic rings. The van der Waals surface area contributed by atoms with Gasteiger partial charge in [-0.25, -0.2) is 4.42 Å². The van der Waals surface area contributed by atoms with Crippen LogP contribution in [0.3, 0.4) is 0 Å². The Hall–Kier alpha value is -0.950. The first-order valence-corrected chi connectivity index (χ1v) is 2.31. The zero-order valence-electron chi connectivity index (χ0n) is 3.87. The van der Waals surface area contributed by atoms with Gasteiger partial charge in [-0.05, 0) is 0 Å². The summed E-state index contributed by atoms with van der Waals surface area (Å²) in [5.74, 6) is 0. The smallest absolute Gasteiger partial charge is 0.219 e. The average molecular weight is 131 g/mol. The molecule has 0 aromatic heterocycles. The molecular weight excluding hydrogens is 128 g/mol. The molecule has 0 spiro atoms. The Morgan fingerprint density at radius 1 is 2.00 bits per heavy atom. The fourth-order valence-corrected chi connectivity index (χ4v) is 0.496. The van der Waals surface area contributed by atoms with Crippen molar-refractivity contribution in [2.45, 2.75) is 6.17 Å². The standard InChI is InChI=1S/C3H3ClN4/c4-8-2-6-7-3(8)1-5/h2-3,7H. The molecule has 4 nitrogen and oxygen atoms in total. The van der Waals surface area contributed by atoms with Gasteiger partial charge in [-0.3, -0.25) is 5.43 Å². The van der Waals surface area contributed by atoms with Crippen molar-refractivity contribution in [2.24, 2.45) is 5.10 Å². The van der Waals surface area contributed by atoms with Crippen molar-refractivity contribution in [3.8, 4) is 6.07 Å². The van der Waals surface area contributed by atoms with Gasteiger partial charge in [0.1, 0.15) is 12.4 Å². The van der Waals surface area contributed by atoms with Gasteiger partial charge in [0.25, 0.3) is 0 Å². The number of nitrogens with one attached hydrogen (secondary N) is 1. The van der Waals surface area contributed by atoms with Gasteiger partial charge < -0.3 is 0 Å². The highest BCUT2D eigenvalue weighted by Crippen LogP contribution is 2.00. The van der Waals surface area contributed by atoms with Crippen LogP contribution in [0.4, 0.5) is 0 Å². The predicted molar refractivity (Wildman–Crippen MR) is 28.7 cm³/mol. The minimum Gasteiger partial charge on any atom is -0.272 e. The molecule has 0 bridgehead atoms. The molecule has 42 valence electrons. The third-order valence-electron chi connectivity index (χ3n) is 0.734. The number of nitriles is 1. The second kappa shape index (κ2) is 1.88. The maximum Gasteiger partial charge on any atom is 0.219 e. The molecule has 1 unspecified atom stereocenters. The Bertz CT molecular complexity index is 148. The summed E-state index contributed by atoms with van der Waals surface area (Å²) in [7, 11) is 0. The van der Waals surface area contributed by atoms with E-state index in [9.17, 15) is 0 Å². The lowest BCUT2D eigenvalue weighted by Gasteiger charge is -2.04. The number of hydrazone groups is 1. The summed E-state index contributed by atoms with van der Waals surface area (Å²) in [6.07, 6.45) is 0.840. The van der Waals surface area contributed by atoms with Gasteiger partial charge in [-0.15, -0.1) is 0 Å². The second-order valence-corrected chi connectivity index (χ2v) is 1.64. The summed E-state index contributed by atoms with van der Waals surface area (Å²) < 4.78 is 1.17. The van der Waals surface area contributed by atoms with E-state index in [1.54, 1.807) is 0 Å². The third-order valence-corrected chi connectivity index (χ3v) is 1.02. The van der Waals surface area contributed by atoms with Gasteiger partial charge in [0.05, 0.1) is 0 Å². The second-order valence-electron chi connectivity index (χ2n) is 1.25. The van der Waals surface area contributed by atoms with Crippen LogP contribution in [0.1, 0.15) is 0 Å².